The molecule has 0 aliphatic carbocycles. The maximum Gasteiger partial charge on any atom is 0.472 e. The lowest BCUT2D eigenvalue weighted by Crippen LogP contribution is -2.30. The van der Waals surface area contributed by atoms with Crippen molar-refractivity contribution in [2.75, 3.05) is 39.6 Å². The molecule has 17 nitrogen and oxygen atoms in total. The van der Waals surface area contributed by atoms with E-state index >= 15 is 0 Å². The van der Waals surface area contributed by atoms with Gasteiger partial charge in [-0.15, -0.1) is 0 Å². The van der Waals surface area contributed by atoms with Crippen LogP contribution in [0.3, 0.4) is 0 Å². The molecule has 0 aromatic carbocycles. The minimum absolute atomic E-state index is 0.103. The Morgan fingerprint density at radius 2 is 0.489 bits per heavy atom. The third kappa shape index (κ3) is 68.6. The fourth-order valence-electron chi connectivity index (χ4n) is 11.5. The van der Waals surface area contributed by atoms with E-state index < -0.39 is 97.5 Å². The average molecular weight is 1380 g/mol. The van der Waals surface area contributed by atoms with Crippen molar-refractivity contribution < 1.29 is 80.2 Å². The van der Waals surface area contributed by atoms with Gasteiger partial charge in [-0.2, -0.15) is 0 Å². The van der Waals surface area contributed by atoms with E-state index in [4.69, 9.17) is 37.0 Å². The Kier molecular flexibility index (Phi) is 65.5. The minimum Gasteiger partial charge on any atom is -0.462 e. The molecule has 0 saturated heterocycles. The Labute approximate surface area is 575 Å². The molecule has 0 aromatic heterocycles. The first kappa shape index (κ1) is 92.1. The lowest BCUT2D eigenvalue weighted by Gasteiger charge is -2.21. The number of aliphatic hydroxyl groups excluding tert-OH is 1. The highest BCUT2D eigenvalue weighted by molar-refractivity contribution is 7.47. The number of phosphoric acid groups is 2. The molecule has 0 aliphatic heterocycles. The average Bonchev–Trinajstić information content (AvgIpc) is 1.38. The van der Waals surface area contributed by atoms with Crippen molar-refractivity contribution in [2.24, 2.45) is 11.8 Å². The van der Waals surface area contributed by atoms with Crippen LogP contribution in [0, 0.1) is 11.8 Å². The number of phosphoric ester groups is 2. The quantitative estimate of drug-likeness (QED) is 0.0222. The van der Waals surface area contributed by atoms with Gasteiger partial charge in [0.15, 0.2) is 12.2 Å². The van der Waals surface area contributed by atoms with Crippen molar-refractivity contribution >= 4 is 39.5 Å². The monoisotopic (exact) mass is 1380 g/mol. The Bertz CT molecular complexity index is 1820. The van der Waals surface area contributed by atoms with Gasteiger partial charge in [-0.25, -0.2) is 9.13 Å². The highest BCUT2D eigenvalue weighted by atomic mass is 31.2. The number of unbranched alkanes of at least 4 members (excludes halogenated alkanes) is 44. The molecule has 0 amide bonds. The second-order valence-corrected chi connectivity index (χ2v) is 30.9. The van der Waals surface area contributed by atoms with Gasteiger partial charge in [-0.05, 0) is 37.5 Å². The normalized spacial score (nSPS) is 14.0. The van der Waals surface area contributed by atoms with Crippen LogP contribution in [0.2, 0.25) is 0 Å². The number of hydrogen-bond acceptors (Lipinski definition) is 15. The third-order valence-corrected chi connectivity index (χ3v) is 19.4. The summed E-state index contributed by atoms with van der Waals surface area (Å²) < 4.78 is 68.4. The summed E-state index contributed by atoms with van der Waals surface area (Å²) in [5, 5.41) is 10.6. The van der Waals surface area contributed by atoms with E-state index in [9.17, 15) is 43.2 Å². The molecule has 0 aromatic rings. The zero-order valence-corrected chi connectivity index (χ0v) is 63.1. The first-order chi connectivity index (χ1) is 45.4. The molecule has 5 atom stereocenters. The second-order valence-electron chi connectivity index (χ2n) is 28.0. The van der Waals surface area contributed by atoms with E-state index in [1.54, 1.807) is 0 Å². The largest absolute Gasteiger partial charge is 0.472 e. The van der Waals surface area contributed by atoms with Gasteiger partial charge in [-0.3, -0.25) is 37.3 Å². The van der Waals surface area contributed by atoms with Crippen molar-refractivity contribution in [3.8, 4) is 0 Å². The first-order valence-corrected chi connectivity index (χ1v) is 42.0. The molecular weight excluding hydrogens is 1230 g/mol. The lowest BCUT2D eigenvalue weighted by molar-refractivity contribution is -0.161. The summed E-state index contributed by atoms with van der Waals surface area (Å²) in [4.78, 5) is 72.7. The third-order valence-electron chi connectivity index (χ3n) is 17.5. The topological polar surface area (TPSA) is 237 Å². The summed E-state index contributed by atoms with van der Waals surface area (Å²) in [6.07, 6.45) is 54.4. The Morgan fingerprint density at radius 3 is 0.723 bits per heavy atom. The molecule has 2 unspecified atom stereocenters. The van der Waals surface area contributed by atoms with E-state index in [0.29, 0.717) is 37.5 Å². The minimum atomic E-state index is -4.96. The molecule has 0 radical (unpaired) electrons. The number of carbonyl (C=O) groups is 4. The van der Waals surface area contributed by atoms with Crippen LogP contribution >= 0.6 is 15.6 Å². The summed E-state index contributed by atoms with van der Waals surface area (Å²) in [6, 6.07) is 0. The first-order valence-electron chi connectivity index (χ1n) is 39.0. The van der Waals surface area contributed by atoms with Crippen LogP contribution in [0.5, 0.6) is 0 Å². The summed E-state index contributed by atoms with van der Waals surface area (Å²) in [6.45, 7) is 9.46. The van der Waals surface area contributed by atoms with Crippen LogP contribution in [0.4, 0.5) is 0 Å². The molecule has 94 heavy (non-hydrogen) atoms. The Morgan fingerprint density at radius 1 is 0.287 bits per heavy atom. The molecule has 0 rings (SSSR count). The summed E-state index contributed by atoms with van der Waals surface area (Å²) in [7, 11) is -9.91. The molecule has 0 bridgehead atoms. The number of esters is 4. The zero-order chi connectivity index (χ0) is 69.3. The summed E-state index contributed by atoms with van der Waals surface area (Å²) in [5.74, 6) is -0.720. The number of ether oxygens (including phenoxy) is 4. The summed E-state index contributed by atoms with van der Waals surface area (Å²) in [5.41, 5.74) is 0. The number of rotatable bonds is 74. The van der Waals surface area contributed by atoms with Crippen molar-refractivity contribution in [2.45, 2.75) is 407 Å². The van der Waals surface area contributed by atoms with Gasteiger partial charge in [0.05, 0.1) is 26.4 Å². The standard InChI is InChI=1S/C75H146O17P2/c1-7-9-11-13-15-17-19-21-23-24-25-26-27-28-30-32-34-40-47-53-59-74(79)91-70(63-85-72(77)57-51-45-39-33-31-29-22-20-18-16-14-12-10-8-2)65-89-93(81,82)87-61-69(76)62-88-94(83,84)90-66-71(92-75(80)60-54-48-42-36-38-44-50-56-68(5)6)64-86-73(78)58-52-46-41-35-37-43-49-55-67(3)4/h67-71,76H,7-66H2,1-6H3,(H,81,82)(H,83,84)/t69-,70-,71-/m1/s1. The van der Waals surface area contributed by atoms with E-state index in [1.807, 2.05) is 0 Å². The number of carbonyl (C=O) groups excluding carboxylic acids is 4. The predicted molar refractivity (Wildman–Crippen MR) is 381 cm³/mol. The van der Waals surface area contributed by atoms with Crippen molar-refractivity contribution in [1.82, 2.24) is 0 Å². The van der Waals surface area contributed by atoms with E-state index in [0.717, 1.165) is 96.3 Å². The van der Waals surface area contributed by atoms with Crippen molar-refractivity contribution in [1.29, 1.82) is 0 Å². The van der Waals surface area contributed by atoms with Crippen molar-refractivity contribution in [3.63, 3.8) is 0 Å². The van der Waals surface area contributed by atoms with Gasteiger partial charge in [0.2, 0.25) is 0 Å². The van der Waals surface area contributed by atoms with Crippen LogP contribution in [-0.2, 0) is 65.4 Å². The van der Waals surface area contributed by atoms with Crippen LogP contribution in [-0.4, -0.2) is 96.7 Å². The number of hydrogen-bond donors (Lipinski definition) is 3. The highest BCUT2D eigenvalue weighted by Crippen LogP contribution is 2.45. The predicted octanol–water partition coefficient (Wildman–Crippen LogP) is 21.9. The fourth-order valence-corrected chi connectivity index (χ4v) is 13.1. The molecule has 0 saturated carbocycles. The van der Waals surface area contributed by atoms with Crippen LogP contribution in [0.15, 0.2) is 0 Å². The maximum atomic E-state index is 13.1. The van der Waals surface area contributed by atoms with Gasteiger partial charge in [-0.1, -0.05) is 337 Å². The van der Waals surface area contributed by atoms with Crippen molar-refractivity contribution in [3.05, 3.63) is 0 Å². The van der Waals surface area contributed by atoms with E-state index in [2.05, 4.69) is 41.5 Å². The van der Waals surface area contributed by atoms with Crippen LogP contribution in [0.25, 0.3) is 0 Å². The van der Waals surface area contributed by atoms with Gasteiger partial charge in [0.1, 0.15) is 19.3 Å². The van der Waals surface area contributed by atoms with Crippen LogP contribution in [0.1, 0.15) is 388 Å². The number of aliphatic hydroxyl groups is 1. The Hall–Kier alpha value is -1.94. The molecule has 0 fully saturated rings. The van der Waals surface area contributed by atoms with Crippen LogP contribution < -0.4 is 0 Å². The van der Waals surface area contributed by atoms with E-state index in [-0.39, 0.29) is 25.7 Å². The van der Waals surface area contributed by atoms with Gasteiger partial charge < -0.3 is 33.8 Å². The molecule has 19 heteroatoms. The molecule has 0 aliphatic rings. The molecular formula is C75H146O17P2. The highest BCUT2D eigenvalue weighted by Gasteiger charge is 2.30. The lowest BCUT2D eigenvalue weighted by atomic mass is 10.0. The fraction of sp³-hybridized carbons (Fsp3) is 0.947. The smallest absolute Gasteiger partial charge is 0.462 e. The Balaban J connectivity index is 5.20. The van der Waals surface area contributed by atoms with Gasteiger partial charge >= 0.3 is 39.5 Å². The second kappa shape index (κ2) is 66.9. The molecule has 0 heterocycles. The molecule has 558 valence electrons. The van der Waals surface area contributed by atoms with Gasteiger partial charge in [0.25, 0.3) is 0 Å². The van der Waals surface area contributed by atoms with E-state index in [1.165, 1.54) is 199 Å². The summed E-state index contributed by atoms with van der Waals surface area (Å²) >= 11 is 0. The molecule has 3 N–H and O–H groups in total. The van der Waals surface area contributed by atoms with Gasteiger partial charge in [0, 0.05) is 25.7 Å². The zero-order valence-electron chi connectivity index (χ0n) is 61.3. The maximum absolute atomic E-state index is 13.1. The SMILES string of the molecule is CCCCCCCCCCCCCCCCCCCCCCC(=O)O[C@H](COC(=O)CCCCCCCCCCCCCCCC)COP(=O)(O)OC[C@@H](O)COP(=O)(O)OC[C@@H](COC(=O)CCCCCCCCCC(C)C)OC(=O)CCCCCCCCCC(C)C. The molecule has 0 spiro atoms.